The lowest BCUT2D eigenvalue weighted by Crippen LogP contribution is -2.26. The zero-order valence-corrected chi connectivity index (χ0v) is 17.2. The summed E-state index contributed by atoms with van der Waals surface area (Å²) >= 11 is 0. The number of para-hydroxylation sites is 1. The van der Waals surface area contributed by atoms with Gasteiger partial charge in [-0.05, 0) is 43.6 Å². The summed E-state index contributed by atoms with van der Waals surface area (Å²) in [5, 5.41) is 3.52. The number of hydrogen-bond donors (Lipinski definition) is 3. The molecule has 2 aromatic rings. The minimum Gasteiger partial charge on any atom is -0.496 e. The Labute approximate surface area is 172 Å². The molecule has 1 unspecified atom stereocenters. The molecule has 5 heteroatoms. The quantitative estimate of drug-likeness (QED) is 0.510. The lowest BCUT2D eigenvalue weighted by molar-refractivity contribution is 0.416. The van der Waals surface area contributed by atoms with E-state index in [0.717, 1.165) is 41.2 Å². The van der Waals surface area contributed by atoms with Crippen LogP contribution in [0.1, 0.15) is 25.8 Å². The number of fused-ring (bicyclic) bond motifs is 1. The maximum atomic E-state index is 6.25. The number of anilines is 1. The summed E-state index contributed by atoms with van der Waals surface area (Å²) in [6, 6.07) is 8.31. The van der Waals surface area contributed by atoms with Gasteiger partial charge in [0.05, 0.1) is 7.11 Å². The SMILES string of the molecule is COc1ccccc1-c1c[nH]c2c1C=C(C1=CC=CC(C(N)=NC(C)C)C1)CN2. The van der Waals surface area contributed by atoms with Crippen LogP contribution < -0.4 is 15.8 Å². The van der Waals surface area contributed by atoms with Crippen molar-refractivity contribution in [2.45, 2.75) is 26.3 Å². The minimum atomic E-state index is 0.152. The van der Waals surface area contributed by atoms with Crippen molar-refractivity contribution in [2.24, 2.45) is 16.6 Å². The Morgan fingerprint density at radius 3 is 2.83 bits per heavy atom. The fourth-order valence-corrected chi connectivity index (χ4v) is 3.95. The number of aliphatic imine (C=N–C) groups is 1. The number of allylic oxidation sites excluding steroid dienone is 2. The number of ether oxygens (including phenoxy) is 1. The molecule has 0 amide bonds. The van der Waals surface area contributed by atoms with Gasteiger partial charge in [0.1, 0.15) is 17.4 Å². The fourth-order valence-electron chi connectivity index (χ4n) is 3.95. The van der Waals surface area contributed by atoms with Crippen LogP contribution in [0, 0.1) is 5.92 Å². The van der Waals surface area contributed by atoms with Crippen molar-refractivity contribution in [1.29, 1.82) is 0 Å². The van der Waals surface area contributed by atoms with Gasteiger partial charge in [-0.25, -0.2) is 0 Å². The molecule has 0 spiro atoms. The number of nitrogens with one attached hydrogen (secondary N) is 2. The molecule has 1 aliphatic heterocycles. The first kappa shape index (κ1) is 19.1. The number of hydrogen-bond acceptors (Lipinski definition) is 3. The van der Waals surface area contributed by atoms with E-state index in [0.29, 0.717) is 5.84 Å². The minimum absolute atomic E-state index is 0.152. The van der Waals surface area contributed by atoms with Gasteiger partial charge in [-0.3, -0.25) is 4.99 Å². The predicted octanol–water partition coefficient (Wildman–Crippen LogP) is 4.77. The monoisotopic (exact) mass is 388 g/mol. The van der Waals surface area contributed by atoms with Crippen LogP contribution in [0.15, 0.2) is 64.8 Å². The molecule has 0 saturated carbocycles. The van der Waals surface area contributed by atoms with E-state index in [2.05, 4.69) is 59.5 Å². The standard InChI is InChI=1S/C24H28N4O/c1-15(2)28-23(25)17-8-6-7-16(11-17)18-12-20-21(14-27-24(20)26-13-18)19-9-4-5-10-22(19)29-3/h4-10,12,14-15,17,26-27H,11,13H2,1-3H3,(H2,25,28). The van der Waals surface area contributed by atoms with Gasteiger partial charge in [0, 0.05) is 41.4 Å². The van der Waals surface area contributed by atoms with Crippen molar-refractivity contribution in [3.05, 3.63) is 65.4 Å². The first-order valence-electron chi connectivity index (χ1n) is 10.1. The highest BCUT2D eigenvalue weighted by molar-refractivity contribution is 5.89. The van der Waals surface area contributed by atoms with Crippen LogP contribution in [0.2, 0.25) is 0 Å². The Kier molecular flexibility index (Phi) is 5.30. The molecule has 1 atom stereocenters. The highest BCUT2D eigenvalue weighted by Gasteiger charge is 2.23. The van der Waals surface area contributed by atoms with Crippen LogP contribution >= 0.6 is 0 Å². The van der Waals surface area contributed by atoms with Crippen molar-refractivity contribution in [3.63, 3.8) is 0 Å². The predicted molar refractivity (Wildman–Crippen MR) is 121 cm³/mol. The molecule has 1 aromatic carbocycles. The number of rotatable bonds is 5. The molecule has 150 valence electrons. The molecule has 0 radical (unpaired) electrons. The highest BCUT2D eigenvalue weighted by Crippen LogP contribution is 2.39. The van der Waals surface area contributed by atoms with Gasteiger partial charge in [0.15, 0.2) is 0 Å². The van der Waals surface area contributed by atoms with Gasteiger partial charge >= 0.3 is 0 Å². The summed E-state index contributed by atoms with van der Waals surface area (Å²) in [7, 11) is 1.71. The second-order valence-corrected chi connectivity index (χ2v) is 7.75. The first-order chi connectivity index (χ1) is 14.1. The summed E-state index contributed by atoms with van der Waals surface area (Å²) in [4.78, 5) is 7.91. The Bertz CT molecular complexity index is 1020. The zero-order valence-electron chi connectivity index (χ0n) is 17.2. The van der Waals surface area contributed by atoms with E-state index in [1.807, 2.05) is 24.4 Å². The maximum absolute atomic E-state index is 6.25. The summed E-state index contributed by atoms with van der Waals surface area (Å²) in [6.07, 6.45) is 11.6. The highest BCUT2D eigenvalue weighted by atomic mass is 16.5. The molecule has 2 heterocycles. The Morgan fingerprint density at radius 1 is 1.21 bits per heavy atom. The Balaban J connectivity index is 1.66. The van der Waals surface area contributed by atoms with E-state index in [-0.39, 0.29) is 12.0 Å². The number of aromatic amines is 1. The third kappa shape index (κ3) is 3.86. The van der Waals surface area contributed by atoms with Crippen molar-refractivity contribution in [3.8, 4) is 16.9 Å². The van der Waals surface area contributed by atoms with Gasteiger partial charge in [-0.15, -0.1) is 0 Å². The van der Waals surface area contributed by atoms with Crippen molar-refractivity contribution < 1.29 is 4.74 Å². The van der Waals surface area contributed by atoms with Crippen molar-refractivity contribution >= 4 is 17.7 Å². The molecular weight excluding hydrogens is 360 g/mol. The molecular formula is C24H28N4O. The summed E-state index contributed by atoms with van der Waals surface area (Å²) in [5.74, 6) is 2.77. The number of nitrogens with zero attached hydrogens (tertiary/aromatic N) is 1. The molecule has 4 N–H and O–H groups in total. The lowest BCUT2D eigenvalue weighted by atomic mass is 9.87. The number of methoxy groups -OCH3 is 1. The molecule has 29 heavy (non-hydrogen) atoms. The molecule has 1 aliphatic carbocycles. The van der Waals surface area contributed by atoms with Gasteiger partial charge in [0.25, 0.3) is 0 Å². The maximum Gasteiger partial charge on any atom is 0.126 e. The molecule has 0 saturated heterocycles. The summed E-state index contributed by atoms with van der Waals surface area (Å²) in [5.41, 5.74) is 12.2. The first-order valence-corrected chi connectivity index (χ1v) is 10.1. The zero-order chi connectivity index (χ0) is 20.4. The molecule has 4 rings (SSSR count). The summed E-state index contributed by atoms with van der Waals surface area (Å²) < 4.78 is 5.57. The third-order valence-electron chi connectivity index (χ3n) is 5.37. The average molecular weight is 389 g/mol. The van der Waals surface area contributed by atoms with E-state index < -0.39 is 0 Å². The second-order valence-electron chi connectivity index (χ2n) is 7.75. The van der Waals surface area contributed by atoms with Crippen molar-refractivity contribution in [1.82, 2.24) is 4.98 Å². The van der Waals surface area contributed by atoms with Crippen LogP contribution in [0.25, 0.3) is 17.2 Å². The topological polar surface area (TPSA) is 75.4 Å². The van der Waals surface area contributed by atoms with E-state index in [1.54, 1.807) is 7.11 Å². The second kappa shape index (κ2) is 8.03. The molecule has 0 bridgehead atoms. The van der Waals surface area contributed by atoms with Crippen LogP contribution in [-0.4, -0.2) is 30.5 Å². The molecule has 0 fully saturated rings. The normalized spacial score (nSPS) is 18.8. The fraction of sp³-hybridized carbons (Fsp3) is 0.292. The van der Waals surface area contributed by atoms with Gasteiger partial charge < -0.3 is 20.8 Å². The Hall–Kier alpha value is -3.21. The molecule has 5 nitrogen and oxygen atoms in total. The van der Waals surface area contributed by atoms with Crippen LogP contribution in [0.5, 0.6) is 5.75 Å². The number of nitrogens with two attached hydrogens (primary N) is 1. The summed E-state index contributed by atoms with van der Waals surface area (Å²) in [6.45, 7) is 4.89. The average Bonchev–Trinajstić information content (AvgIpc) is 3.16. The number of aromatic nitrogens is 1. The largest absolute Gasteiger partial charge is 0.496 e. The van der Waals surface area contributed by atoms with E-state index in [9.17, 15) is 0 Å². The number of amidine groups is 1. The van der Waals surface area contributed by atoms with E-state index >= 15 is 0 Å². The smallest absolute Gasteiger partial charge is 0.126 e. The van der Waals surface area contributed by atoms with E-state index in [4.69, 9.17) is 10.5 Å². The Morgan fingerprint density at radius 2 is 2.03 bits per heavy atom. The number of benzene rings is 1. The van der Waals surface area contributed by atoms with E-state index in [1.165, 1.54) is 11.1 Å². The van der Waals surface area contributed by atoms with Gasteiger partial charge in [0.2, 0.25) is 0 Å². The van der Waals surface area contributed by atoms with Gasteiger partial charge in [-0.1, -0.05) is 36.4 Å². The van der Waals surface area contributed by atoms with Crippen molar-refractivity contribution in [2.75, 3.05) is 19.0 Å². The molecule has 2 aliphatic rings. The van der Waals surface area contributed by atoms with Gasteiger partial charge in [-0.2, -0.15) is 0 Å². The van der Waals surface area contributed by atoms with Crippen LogP contribution in [-0.2, 0) is 0 Å². The number of H-pyrrole nitrogens is 1. The van der Waals surface area contributed by atoms with Crippen LogP contribution in [0.4, 0.5) is 5.82 Å². The van der Waals surface area contributed by atoms with Crippen LogP contribution in [0.3, 0.4) is 0 Å². The third-order valence-corrected chi connectivity index (χ3v) is 5.37. The molecule has 1 aromatic heterocycles. The lowest BCUT2D eigenvalue weighted by Gasteiger charge is -2.24.